The number of nitrogens with zero attached hydrogens (tertiary/aromatic N) is 4. The molecule has 0 radical (unpaired) electrons. The number of ether oxygens (including phenoxy) is 1. The number of carbonyl (C=O) groups is 2. The maximum absolute atomic E-state index is 12.2. The van der Waals surface area contributed by atoms with Gasteiger partial charge in [-0.15, -0.1) is 0 Å². The van der Waals surface area contributed by atoms with Gasteiger partial charge in [-0.2, -0.15) is 0 Å². The molecule has 0 saturated carbocycles. The molecule has 0 atom stereocenters. The molecule has 13 heteroatoms. The van der Waals surface area contributed by atoms with Crippen LogP contribution in [-0.4, -0.2) is 38.8 Å². The molecule has 3 rings (SSSR count). The lowest BCUT2D eigenvalue weighted by Gasteiger charge is -2.11. The third-order valence-electron chi connectivity index (χ3n) is 3.87. The van der Waals surface area contributed by atoms with E-state index in [9.17, 15) is 19.7 Å². The number of hydrogen-bond donors (Lipinski definition) is 4. The number of amides is 2. The second-order valence-corrected chi connectivity index (χ2v) is 5.81. The van der Waals surface area contributed by atoms with E-state index in [0.717, 1.165) is 6.33 Å². The SMILES string of the molecule is COc1ccc(C(=O)NNc2ncnc(NNC(=O)c3cccnc3)c2[N+](=O)[O-])cc1. The minimum Gasteiger partial charge on any atom is -0.497 e. The summed E-state index contributed by atoms with van der Waals surface area (Å²) in [7, 11) is 1.50. The number of aromatic nitrogens is 3. The van der Waals surface area contributed by atoms with Gasteiger partial charge in [-0.05, 0) is 36.4 Å². The molecule has 0 aliphatic heterocycles. The molecule has 0 saturated heterocycles. The first-order valence-corrected chi connectivity index (χ1v) is 8.65. The van der Waals surface area contributed by atoms with Gasteiger partial charge in [0, 0.05) is 18.0 Å². The Morgan fingerprint density at radius 1 is 0.968 bits per heavy atom. The minimum absolute atomic E-state index is 0.233. The van der Waals surface area contributed by atoms with Crippen LogP contribution in [0.1, 0.15) is 20.7 Å². The van der Waals surface area contributed by atoms with Crippen molar-refractivity contribution in [2.75, 3.05) is 18.0 Å². The molecule has 3 aromatic rings. The third-order valence-corrected chi connectivity index (χ3v) is 3.87. The molecule has 0 aliphatic carbocycles. The van der Waals surface area contributed by atoms with E-state index in [-0.39, 0.29) is 22.8 Å². The number of nitrogens with one attached hydrogen (secondary N) is 4. The summed E-state index contributed by atoms with van der Waals surface area (Å²) in [5, 5.41) is 11.5. The molecule has 4 N–H and O–H groups in total. The fourth-order valence-electron chi connectivity index (χ4n) is 2.35. The highest BCUT2D eigenvalue weighted by Crippen LogP contribution is 2.27. The largest absolute Gasteiger partial charge is 0.497 e. The predicted octanol–water partition coefficient (Wildman–Crippen LogP) is 1.30. The fourth-order valence-corrected chi connectivity index (χ4v) is 2.35. The molecule has 2 heterocycles. The van der Waals surface area contributed by atoms with Crippen LogP contribution in [0.25, 0.3) is 0 Å². The molecule has 2 aromatic heterocycles. The Hall–Kier alpha value is -4.81. The summed E-state index contributed by atoms with van der Waals surface area (Å²) >= 11 is 0. The third kappa shape index (κ3) is 5.17. The standard InChI is InChI=1S/C18H16N8O5/c1-31-13-6-4-11(5-7-13)17(27)24-22-15-14(26(29)30)16(21-10-20-15)23-25-18(28)12-3-2-8-19-9-12/h2-10H,1H3,(H,24,27)(H,25,28)(H2,20,21,22,23). The summed E-state index contributed by atoms with van der Waals surface area (Å²) in [5.41, 5.74) is 9.30. The molecular formula is C18H16N8O5. The van der Waals surface area contributed by atoms with E-state index in [1.165, 1.54) is 37.7 Å². The smallest absolute Gasteiger partial charge is 0.356 e. The van der Waals surface area contributed by atoms with Gasteiger partial charge in [0.05, 0.1) is 17.6 Å². The van der Waals surface area contributed by atoms with Crippen molar-refractivity contribution in [3.05, 3.63) is 76.4 Å². The van der Waals surface area contributed by atoms with Gasteiger partial charge in [0.15, 0.2) is 0 Å². The van der Waals surface area contributed by atoms with Crippen molar-refractivity contribution in [1.82, 2.24) is 25.8 Å². The zero-order valence-corrected chi connectivity index (χ0v) is 16.0. The summed E-state index contributed by atoms with van der Waals surface area (Å²) in [5.74, 6) is -1.16. The number of rotatable bonds is 8. The first kappa shape index (κ1) is 20.9. The van der Waals surface area contributed by atoms with Crippen LogP contribution >= 0.6 is 0 Å². The molecule has 2 amide bonds. The fraction of sp³-hybridized carbons (Fsp3) is 0.0556. The van der Waals surface area contributed by atoms with Crippen LogP contribution in [-0.2, 0) is 0 Å². The molecule has 0 bridgehead atoms. The summed E-state index contributed by atoms with van der Waals surface area (Å²) in [6.45, 7) is 0. The van der Waals surface area contributed by atoms with Gasteiger partial charge in [0.1, 0.15) is 12.1 Å². The first-order valence-electron chi connectivity index (χ1n) is 8.65. The maximum atomic E-state index is 12.2. The molecule has 0 unspecified atom stereocenters. The number of hydrogen-bond acceptors (Lipinski definition) is 10. The van der Waals surface area contributed by atoms with E-state index in [4.69, 9.17) is 4.74 Å². The zero-order chi connectivity index (χ0) is 22.2. The van der Waals surface area contributed by atoms with Crippen LogP contribution in [0.4, 0.5) is 17.3 Å². The zero-order valence-electron chi connectivity index (χ0n) is 16.0. The van der Waals surface area contributed by atoms with Crippen LogP contribution < -0.4 is 26.4 Å². The van der Waals surface area contributed by atoms with Gasteiger partial charge in [-0.3, -0.25) is 46.4 Å². The highest BCUT2D eigenvalue weighted by molar-refractivity contribution is 5.96. The van der Waals surface area contributed by atoms with Crippen molar-refractivity contribution < 1.29 is 19.2 Å². The average Bonchev–Trinajstić information content (AvgIpc) is 2.81. The number of nitro groups is 1. The van der Waals surface area contributed by atoms with Gasteiger partial charge in [-0.1, -0.05) is 0 Å². The number of methoxy groups -OCH3 is 1. The van der Waals surface area contributed by atoms with E-state index in [1.807, 2.05) is 0 Å². The maximum Gasteiger partial charge on any atom is 0.356 e. The minimum atomic E-state index is -0.763. The van der Waals surface area contributed by atoms with Crippen LogP contribution in [0, 0.1) is 10.1 Å². The Kier molecular flexibility index (Phi) is 6.47. The molecule has 0 aliphatic rings. The van der Waals surface area contributed by atoms with E-state index in [1.54, 1.807) is 18.2 Å². The van der Waals surface area contributed by atoms with Crippen LogP contribution in [0.5, 0.6) is 5.75 Å². The van der Waals surface area contributed by atoms with Crippen LogP contribution in [0.2, 0.25) is 0 Å². The molecule has 0 spiro atoms. The number of benzene rings is 1. The topological polar surface area (TPSA) is 173 Å². The highest BCUT2D eigenvalue weighted by Gasteiger charge is 2.24. The summed E-state index contributed by atoms with van der Waals surface area (Å²) in [4.78, 5) is 46.5. The highest BCUT2D eigenvalue weighted by atomic mass is 16.6. The predicted molar refractivity (Wildman–Crippen MR) is 108 cm³/mol. The number of pyridine rings is 1. The molecule has 0 fully saturated rings. The Balaban J connectivity index is 1.71. The van der Waals surface area contributed by atoms with Crippen LogP contribution in [0.15, 0.2) is 55.1 Å². The van der Waals surface area contributed by atoms with Crippen molar-refractivity contribution in [1.29, 1.82) is 0 Å². The van der Waals surface area contributed by atoms with E-state index in [0.29, 0.717) is 5.75 Å². The number of anilines is 2. The van der Waals surface area contributed by atoms with Crippen molar-refractivity contribution in [3.63, 3.8) is 0 Å². The first-order chi connectivity index (χ1) is 15.0. The number of hydrazine groups is 2. The lowest BCUT2D eigenvalue weighted by atomic mass is 10.2. The lowest BCUT2D eigenvalue weighted by Crippen LogP contribution is -2.32. The van der Waals surface area contributed by atoms with Crippen molar-refractivity contribution in [2.45, 2.75) is 0 Å². The molecule has 31 heavy (non-hydrogen) atoms. The Morgan fingerprint density at radius 2 is 1.58 bits per heavy atom. The second kappa shape index (κ2) is 9.60. The van der Waals surface area contributed by atoms with Crippen LogP contribution in [0.3, 0.4) is 0 Å². The van der Waals surface area contributed by atoms with Crippen molar-refractivity contribution in [3.8, 4) is 5.75 Å². The summed E-state index contributed by atoms with van der Waals surface area (Å²) in [6, 6.07) is 9.30. The number of carbonyl (C=O) groups excluding carboxylic acids is 2. The second-order valence-electron chi connectivity index (χ2n) is 5.81. The van der Waals surface area contributed by atoms with Crippen molar-refractivity contribution in [2.24, 2.45) is 0 Å². The van der Waals surface area contributed by atoms with Gasteiger partial charge < -0.3 is 4.74 Å². The monoisotopic (exact) mass is 424 g/mol. The molecule has 1 aromatic carbocycles. The Morgan fingerprint density at radius 3 is 2.10 bits per heavy atom. The van der Waals surface area contributed by atoms with E-state index >= 15 is 0 Å². The Labute approximate surface area is 175 Å². The normalized spacial score (nSPS) is 9.97. The van der Waals surface area contributed by atoms with Gasteiger partial charge in [-0.25, -0.2) is 9.97 Å². The molecular weight excluding hydrogens is 408 g/mol. The lowest BCUT2D eigenvalue weighted by molar-refractivity contribution is -0.383. The summed E-state index contributed by atoms with van der Waals surface area (Å²) in [6.07, 6.45) is 3.85. The van der Waals surface area contributed by atoms with Crippen molar-refractivity contribution >= 4 is 29.1 Å². The van der Waals surface area contributed by atoms with Gasteiger partial charge in [0.2, 0.25) is 11.6 Å². The summed E-state index contributed by atoms with van der Waals surface area (Å²) < 4.78 is 5.02. The van der Waals surface area contributed by atoms with E-state index in [2.05, 4.69) is 36.7 Å². The van der Waals surface area contributed by atoms with E-state index < -0.39 is 22.4 Å². The quantitative estimate of drug-likeness (QED) is 0.305. The average molecular weight is 424 g/mol. The molecule has 13 nitrogen and oxygen atoms in total. The Bertz CT molecular complexity index is 1090. The molecule has 158 valence electrons. The van der Waals surface area contributed by atoms with Gasteiger partial charge >= 0.3 is 5.69 Å². The van der Waals surface area contributed by atoms with Gasteiger partial charge in [0.25, 0.3) is 11.8 Å².